The Balaban J connectivity index is 1.40. The fourth-order valence-corrected chi connectivity index (χ4v) is 3.77. The third kappa shape index (κ3) is 3.46. The molecular formula is C19H24N2O6. The molecule has 27 heavy (non-hydrogen) atoms. The number of carbonyl (C=O) groups excluding carboxylic acids is 1. The molecule has 4 rings (SSSR count). The van der Waals surface area contributed by atoms with Crippen LogP contribution < -0.4 is 9.47 Å². The van der Waals surface area contributed by atoms with Gasteiger partial charge in [-0.05, 0) is 18.2 Å². The molecule has 3 aliphatic heterocycles. The summed E-state index contributed by atoms with van der Waals surface area (Å²) in [6.45, 7) is 2.44. The molecule has 0 unspecified atom stereocenters. The molecule has 0 radical (unpaired) electrons. The highest BCUT2D eigenvalue weighted by atomic mass is 16.7. The molecule has 0 aliphatic carbocycles. The molecule has 3 aliphatic rings. The highest BCUT2D eigenvalue weighted by Gasteiger charge is 2.43. The second-order valence-electron chi connectivity index (χ2n) is 6.84. The van der Waals surface area contributed by atoms with Crippen molar-refractivity contribution in [2.45, 2.75) is 31.2 Å². The number of ether oxygens (including phenoxy) is 4. The molecule has 8 heteroatoms. The van der Waals surface area contributed by atoms with Crippen molar-refractivity contribution in [3.8, 4) is 11.5 Å². The van der Waals surface area contributed by atoms with E-state index in [1.54, 1.807) is 14.2 Å². The number of methoxy groups -OCH3 is 2. The van der Waals surface area contributed by atoms with Crippen LogP contribution in [0.1, 0.15) is 24.8 Å². The molecule has 0 saturated carbocycles. The maximum absolute atomic E-state index is 12.8. The van der Waals surface area contributed by atoms with Gasteiger partial charge in [-0.2, -0.15) is 0 Å². The van der Waals surface area contributed by atoms with Gasteiger partial charge in [0.15, 0.2) is 5.79 Å². The number of nitrogens with zero attached hydrogens (tertiary/aromatic N) is 2. The van der Waals surface area contributed by atoms with E-state index >= 15 is 0 Å². The van der Waals surface area contributed by atoms with Crippen molar-refractivity contribution in [2.24, 2.45) is 5.16 Å². The number of carbonyl (C=O) groups is 1. The second kappa shape index (κ2) is 7.36. The van der Waals surface area contributed by atoms with E-state index in [0.29, 0.717) is 62.8 Å². The summed E-state index contributed by atoms with van der Waals surface area (Å²) in [5, 5.41) is 4.14. The summed E-state index contributed by atoms with van der Waals surface area (Å²) in [6, 6.07) is 5.48. The van der Waals surface area contributed by atoms with Gasteiger partial charge in [0.2, 0.25) is 6.10 Å². The molecule has 2 fully saturated rings. The van der Waals surface area contributed by atoms with E-state index < -0.39 is 11.9 Å². The van der Waals surface area contributed by atoms with Crippen LogP contribution in [0, 0.1) is 0 Å². The predicted octanol–water partition coefficient (Wildman–Crippen LogP) is 1.56. The Kier molecular flexibility index (Phi) is 4.92. The monoisotopic (exact) mass is 376 g/mol. The van der Waals surface area contributed by atoms with Gasteiger partial charge in [-0.3, -0.25) is 4.79 Å². The van der Waals surface area contributed by atoms with Crippen molar-refractivity contribution in [1.29, 1.82) is 0 Å². The Morgan fingerprint density at radius 3 is 2.59 bits per heavy atom. The third-order valence-electron chi connectivity index (χ3n) is 5.31. The Bertz CT molecular complexity index is 734. The number of hydrogen-bond acceptors (Lipinski definition) is 7. The van der Waals surface area contributed by atoms with Crippen LogP contribution in [0.15, 0.2) is 23.4 Å². The lowest BCUT2D eigenvalue weighted by Crippen LogP contribution is -2.50. The summed E-state index contributed by atoms with van der Waals surface area (Å²) < 4.78 is 22.1. The largest absolute Gasteiger partial charge is 0.497 e. The van der Waals surface area contributed by atoms with Crippen molar-refractivity contribution in [3.63, 3.8) is 0 Å². The first-order chi connectivity index (χ1) is 13.1. The van der Waals surface area contributed by atoms with Crippen LogP contribution in [0.3, 0.4) is 0 Å². The SMILES string of the molecule is COc1ccc(OC)c(C2=NO[C@@H](C(=O)N3CCC4(CC3)OCCO4)C2)c1. The number of hydrogen-bond donors (Lipinski definition) is 0. The van der Waals surface area contributed by atoms with Gasteiger partial charge in [-0.1, -0.05) is 5.16 Å². The minimum Gasteiger partial charge on any atom is -0.497 e. The second-order valence-corrected chi connectivity index (χ2v) is 6.84. The lowest BCUT2D eigenvalue weighted by molar-refractivity contribution is -0.189. The molecule has 0 N–H and O–H groups in total. The first-order valence-electron chi connectivity index (χ1n) is 9.16. The minimum atomic E-state index is -0.615. The zero-order valence-corrected chi connectivity index (χ0v) is 15.6. The van der Waals surface area contributed by atoms with Gasteiger partial charge in [0.05, 0.1) is 33.1 Å². The first kappa shape index (κ1) is 18.1. The summed E-state index contributed by atoms with van der Waals surface area (Å²) in [6.07, 6.45) is 1.15. The minimum absolute atomic E-state index is 0.0524. The van der Waals surface area contributed by atoms with Crippen LogP contribution in [0.5, 0.6) is 11.5 Å². The molecule has 8 nitrogen and oxygen atoms in total. The van der Waals surface area contributed by atoms with Gasteiger partial charge in [0.1, 0.15) is 11.5 Å². The van der Waals surface area contributed by atoms with Crippen molar-refractivity contribution in [2.75, 3.05) is 40.5 Å². The normalized spacial score (nSPS) is 23.9. The standard InChI is InChI=1S/C19H24N2O6/c1-23-13-3-4-16(24-2)14(11-13)15-12-17(27-20-15)18(22)21-7-5-19(6-8-21)25-9-10-26-19/h3-4,11,17H,5-10,12H2,1-2H3/t17-/m1/s1. The first-order valence-corrected chi connectivity index (χ1v) is 9.16. The lowest BCUT2D eigenvalue weighted by Gasteiger charge is -2.38. The van der Waals surface area contributed by atoms with E-state index in [2.05, 4.69) is 5.16 Å². The number of amides is 1. The van der Waals surface area contributed by atoms with Crippen LogP contribution in [0.4, 0.5) is 0 Å². The topological polar surface area (TPSA) is 78.8 Å². The summed E-state index contributed by atoms with van der Waals surface area (Å²) in [5.41, 5.74) is 1.46. The van der Waals surface area contributed by atoms with Crippen LogP contribution in [0.25, 0.3) is 0 Å². The van der Waals surface area contributed by atoms with Gasteiger partial charge in [-0.15, -0.1) is 0 Å². The van der Waals surface area contributed by atoms with Gasteiger partial charge in [-0.25, -0.2) is 0 Å². The number of rotatable bonds is 4. The van der Waals surface area contributed by atoms with E-state index in [1.807, 2.05) is 23.1 Å². The molecule has 3 heterocycles. The molecule has 1 amide bonds. The van der Waals surface area contributed by atoms with Gasteiger partial charge in [0.25, 0.3) is 5.91 Å². The zero-order chi connectivity index (χ0) is 18.9. The van der Waals surface area contributed by atoms with Gasteiger partial charge in [0, 0.05) is 37.9 Å². The highest BCUT2D eigenvalue weighted by molar-refractivity contribution is 6.06. The van der Waals surface area contributed by atoms with Crippen LogP contribution in [-0.2, 0) is 19.1 Å². The predicted molar refractivity (Wildman–Crippen MR) is 96.0 cm³/mol. The maximum atomic E-state index is 12.8. The maximum Gasteiger partial charge on any atom is 0.266 e. The van der Waals surface area contributed by atoms with Crippen LogP contribution in [-0.4, -0.2) is 68.9 Å². The lowest BCUT2D eigenvalue weighted by atomic mass is 10.0. The molecule has 2 saturated heterocycles. The molecule has 1 aromatic rings. The van der Waals surface area contributed by atoms with Crippen molar-refractivity contribution in [1.82, 2.24) is 4.90 Å². The highest BCUT2D eigenvalue weighted by Crippen LogP contribution is 2.33. The van der Waals surface area contributed by atoms with E-state index in [0.717, 1.165) is 5.56 Å². The zero-order valence-electron chi connectivity index (χ0n) is 15.6. The summed E-state index contributed by atoms with van der Waals surface area (Å²) in [5.74, 6) is 0.814. The van der Waals surface area contributed by atoms with Gasteiger partial charge >= 0.3 is 0 Å². The van der Waals surface area contributed by atoms with Crippen LogP contribution in [0.2, 0.25) is 0 Å². The van der Waals surface area contributed by atoms with E-state index in [9.17, 15) is 4.79 Å². The van der Waals surface area contributed by atoms with E-state index in [-0.39, 0.29) is 5.91 Å². The average Bonchev–Trinajstić information content (AvgIpc) is 3.38. The Labute approximate surface area is 157 Å². The van der Waals surface area contributed by atoms with Gasteiger partial charge < -0.3 is 28.7 Å². The summed E-state index contributed by atoms with van der Waals surface area (Å²) in [4.78, 5) is 20.1. The smallest absolute Gasteiger partial charge is 0.266 e. The molecule has 1 spiro atoms. The molecule has 0 bridgehead atoms. The van der Waals surface area contributed by atoms with Crippen molar-refractivity contribution in [3.05, 3.63) is 23.8 Å². The van der Waals surface area contributed by atoms with Crippen LogP contribution >= 0.6 is 0 Å². The summed E-state index contributed by atoms with van der Waals surface area (Å²) in [7, 11) is 3.20. The molecule has 1 atom stereocenters. The fraction of sp³-hybridized carbons (Fsp3) is 0.579. The molecule has 0 aromatic heterocycles. The van der Waals surface area contributed by atoms with Crippen molar-refractivity contribution < 1.29 is 28.6 Å². The number of piperidine rings is 1. The Hall–Kier alpha value is -2.32. The molecule has 1 aromatic carbocycles. The number of benzene rings is 1. The molecule has 146 valence electrons. The fourth-order valence-electron chi connectivity index (χ4n) is 3.77. The Morgan fingerprint density at radius 2 is 1.93 bits per heavy atom. The van der Waals surface area contributed by atoms with E-state index in [4.69, 9.17) is 23.8 Å². The average molecular weight is 376 g/mol. The summed E-state index contributed by atoms with van der Waals surface area (Å²) >= 11 is 0. The van der Waals surface area contributed by atoms with E-state index in [1.165, 1.54) is 0 Å². The Morgan fingerprint density at radius 1 is 1.19 bits per heavy atom. The number of oxime groups is 1. The molecular weight excluding hydrogens is 352 g/mol. The number of likely N-dealkylation sites (tertiary alicyclic amines) is 1. The van der Waals surface area contributed by atoms with Crippen molar-refractivity contribution >= 4 is 11.6 Å². The third-order valence-corrected chi connectivity index (χ3v) is 5.31. The quantitative estimate of drug-likeness (QED) is 0.794.